The zero-order valence-corrected chi connectivity index (χ0v) is 17.1. The predicted octanol–water partition coefficient (Wildman–Crippen LogP) is 3.55. The van der Waals surface area contributed by atoms with Gasteiger partial charge in [0.15, 0.2) is 0 Å². The summed E-state index contributed by atoms with van der Waals surface area (Å²) in [5, 5.41) is 11.5. The lowest BCUT2D eigenvalue weighted by Gasteiger charge is -2.36. The van der Waals surface area contributed by atoms with Crippen molar-refractivity contribution in [3.8, 4) is 11.4 Å². The molecule has 3 rings (SSSR count). The molecule has 1 aliphatic heterocycles. The summed E-state index contributed by atoms with van der Waals surface area (Å²) in [5.41, 5.74) is 0.465. The Labute approximate surface area is 170 Å². The third-order valence-corrected chi connectivity index (χ3v) is 5.59. The Hall–Kier alpha value is -2.30. The van der Waals surface area contributed by atoms with E-state index in [0.29, 0.717) is 22.7 Å². The van der Waals surface area contributed by atoms with Crippen molar-refractivity contribution >= 4 is 17.7 Å². The predicted molar refractivity (Wildman–Crippen MR) is 101 cm³/mol. The van der Waals surface area contributed by atoms with E-state index < -0.39 is 11.6 Å². The summed E-state index contributed by atoms with van der Waals surface area (Å²) >= 11 is 1.21. The smallest absolute Gasteiger partial charge is 0.406 e. The van der Waals surface area contributed by atoms with Gasteiger partial charge in [-0.05, 0) is 59.9 Å². The van der Waals surface area contributed by atoms with Crippen LogP contribution in [0.1, 0.15) is 27.2 Å². The molecule has 1 saturated heterocycles. The second-order valence-electron chi connectivity index (χ2n) is 7.36. The number of benzene rings is 1. The SMILES string of the molecule is C[C@@H]1C[C@H](C)CN(C(=O)[C@H](C)Sc2nnnn2-c2ccc(OC(F)(F)F)cc2)C1. The Bertz CT molecular complexity index is 833. The number of tetrazole rings is 1. The van der Waals surface area contributed by atoms with Gasteiger partial charge in [0.05, 0.1) is 10.9 Å². The lowest BCUT2D eigenvalue weighted by Crippen LogP contribution is -2.45. The first kappa shape index (κ1) is 21.4. The monoisotopic (exact) mass is 429 g/mol. The van der Waals surface area contributed by atoms with Gasteiger partial charge in [0, 0.05) is 13.1 Å². The van der Waals surface area contributed by atoms with Crippen molar-refractivity contribution in [1.29, 1.82) is 0 Å². The summed E-state index contributed by atoms with van der Waals surface area (Å²) in [7, 11) is 0. The first-order chi connectivity index (χ1) is 13.6. The van der Waals surface area contributed by atoms with E-state index in [4.69, 9.17) is 0 Å². The number of carbonyl (C=O) groups is 1. The fraction of sp³-hybridized carbons (Fsp3) is 0.556. The van der Waals surface area contributed by atoms with Crippen LogP contribution in [0.3, 0.4) is 0 Å². The molecule has 1 aromatic heterocycles. The molecule has 158 valence electrons. The van der Waals surface area contributed by atoms with Crippen LogP contribution in [-0.2, 0) is 4.79 Å². The number of hydrogen-bond donors (Lipinski definition) is 0. The maximum atomic E-state index is 12.8. The third-order valence-electron chi connectivity index (χ3n) is 4.57. The van der Waals surface area contributed by atoms with Crippen molar-refractivity contribution in [3.05, 3.63) is 24.3 Å². The van der Waals surface area contributed by atoms with Gasteiger partial charge in [0.25, 0.3) is 0 Å². The molecule has 0 bridgehead atoms. The number of piperidine rings is 1. The van der Waals surface area contributed by atoms with Gasteiger partial charge in [-0.1, -0.05) is 25.6 Å². The van der Waals surface area contributed by atoms with Crippen LogP contribution in [0.15, 0.2) is 29.4 Å². The number of aromatic nitrogens is 4. The first-order valence-electron chi connectivity index (χ1n) is 9.22. The largest absolute Gasteiger partial charge is 0.573 e. The third kappa shape index (κ3) is 5.62. The molecule has 0 N–H and O–H groups in total. The van der Waals surface area contributed by atoms with Gasteiger partial charge in [0.2, 0.25) is 11.1 Å². The van der Waals surface area contributed by atoms with Gasteiger partial charge in [-0.3, -0.25) is 4.79 Å². The average molecular weight is 429 g/mol. The Morgan fingerprint density at radius 3 is 2.41 bits per heavy atom. The van der Waals surface area contributed by atoms with Crippen molar-refractivity contribution in [1.82, 2.24) is 25.1 Å². The number of likely N-dealkylation sites (tertiary alicyclic amines) is 1. The molecule has 0 unspecified atom stereocenters. The zero-order chi connectivity index (χ0) is 21.2. The highest BCUT2D eigenvalue weighted by Gasteiger charge is 2.31. The lowest BCUT2D eigenvalue weighted by atomic mass is 9.92. The van der Waals surface area contributed by atoms with E-state index >= 15 is 0 Å². The first-order valence-corrected chi connectivity index (χ1v) is 10.1. The van der Waals surface area contributed by atoms with Crippen molar-refractivity contribution in [3.63, 3.8) is 0 Å². The number of halogens is 3. The molecule has 2 heterocycles. The van der Waals surface area contributed by atoms with E-state index in [-0.39, 0.29) is 11.7 Å². The molecule has 0 aliphatic carbocycles. The highest BCUT2D eigenvalue weighted by molar-refractivity contribution is 8.00. The summed E-state index contributed by atoms with van der Waals surface area (Å²) in [4.78, 5) is 14.7. The van der Waals surface area contributed by atoms with Crippen molar-refractivity contribution in [2.45, 2.75) is 44.0 Å². The molecule has 1 amide bonds. The molecule has 1 aliphatic rings. The van der Waals surface area contributed by atoms with E-state index in [9.17, 15) is 18.0 Å². The molecule has 2 aromatic rings. The van der Waals surface area contributed by atoms with Crippen LogP contribution in [-0.4, -0.2) is 55.7 Å². The van der Waals surface area contributed by atoms with Gasteiger partial charge in [0.1, 0.15) is 5.75 Å². The number of thioether (sulfide) groups is 1. The van der Waals surface area contributed by atoms with E-state index in [1.807, 2.05) is 4.90 Å². The van der Waals surface area contributed by atoms with Gasteiger partial charge < -0.3 is 9.64 Å². The highest BCUT2D eigenvalue weighted by Crippen LogP contribution is 2.28. The number of hydrogen-bond acceptors (Lipinski definition) is 6. The Morgan fingerprint density at radius 2 is 1.83 bits per heavy atom. The average Bonchev–Trinajstić information content (AvgIpc) is 3.07. The summed E-state index contributed by atoms with van der Waals surface area (Å²) < 4.78 is 42.2. The molecule has 29 heavy (non-hydrogen) atoms. The lowest BCUT2D eigenvalue weighted by molar-refractivity contribution is -0.274. The molecule has 0 radical (unpaired) electrons. The number of rotatable bonds is 5. The molecular weight excluding hydrogens is 407 g/mol. The summed E-state index contributed by atoms with van der Waals surface area (Å²) in [6.45, 7) is 7.55. The van der Waals surface area contributed by atoms with Crippen LogP contribution in [0.4, 0.5) is 13.2 Å². The van der Waals surface area contributed by atoms with Crippen LogP contribution >= 0.6 is 11.8 Å². The second kappa shape index (κ2) is 8.60. The van der Waals surface area contributed by atoms with Gasteiger partial charge in [-0.25, -0.2) is 0 Å². The van der Waals surface area contributed by atoms with E-state index in [1.165, 1.54) is 40.7 Å². The minimum Gasteiger partial charge on any atom is -0.406 e. The fourth-order valence-electron chi connectivity index (χ4n) is 3.51. The van der Waals surface area contributed by atoms with Gasteiger partial charge in [-0.15, -0.1) is 18.3 Å². The van der Waals surface area contributed by atoms with Crippen LogP contribution in [0, 0.1) is 11.8 Å². The quantitative estimate of drug-likeness (QED) is 0.677. The molecular formula is C18H22F3N5O2S. The minimum absolute atomic E-state index is 0.0249. The van der Waals surface area contributed by atoms with Crippen molar-refractivity contribution in [2.24, 2.45) is 11.8 Å². The van der Waals surface area contributed by atoms with E-state index in [1.54, 1.807) is 6.92 Å². The van der Waals surface area contributed by atoms with E-state index in [2.05, 4.69) is 34.1 Å². The summed E-state index contributed by atoms with van der Waals surface area (Å²) in [6, 6.07) is 5.21. The zero-order valence-electron chi connectivity index (χ0n) is 16.3. The summed E-state index contributed by atoms with van der Waals surface area (Å²) in [5.74, 6) is 0.614. The molecule has 3 atom stereocenters. The van der Waals surface area contributed by atoms with Crippen LogP contribution in [0.2, 0.25) is 0 Å². The van der Waals surface area contributed by atoms with Gasteiger partial charge in [-0.2, -0.15) is 4.68 Å². The standard InChI is InChI=1S/C18H22F3N5O2S/c1-11-8-12(2)10-25(9-11)16(27)13(3)29-17-22-23-24-26(17)14-4-6-15(7-5-14)28-18(19,20)21/h4-7,11-13H,8-10H2,1-3H3/t11-,12+,13-/m0/s1. The topological polar surface area (TPSA) is 73.1 Å². The molecule has 0 spiro atoms. The molecule has 0 saturated carbocycles. The molecule has 1 fully saturated rings. The van der Waals surface area contributed by atoms with Crippen LogP contribution < -0.4 is 4.74 Å². The Balaban J connectivity index is 1.69. The number of nitrogens with zero attached hydrogens (tertiary/aromatic N) is 5. The highest BCUT2D eigenvalue weighted by atomic mass is 32.2. The van der Waals surface area contributed by atoms with Crippen LogP contribution in [0.25, 0.3) is 5.69 Å². The maximum Gasteiger partial charge on any atom is 0.573 e. The molecule has 1 aromatic carbocycles. The number of amides is 1. The Kier molecular flexibility index (Phi) is 6.35. The number of carbonyl (C=O) groups excluding carboxylic acids is 1. The number of alkyl halides is 3. The molecule has 7 nitrogen and oxygen atoms in total. The number of ether oxygens (including phenoxy) is 1. The normalized spacial score (nSPS) is 21.1. The molecule has 11 heteroatoms. The van der Waals surface area contributed by atoms with Crippen molar-refractivity contribution < 1.29 is 22.7 Å². The second-order valence-corrected chi connectivity index (χ2v) is 8.67. The minimum atomic E-state index is -4.75. The van der Waals surface area contributed by atoms with Crippen LogP contribution in [0.5, 0.6) is 5.75 Å². The van der Waals surface area contributed by atoms with Crippen molar-refractivity contribution in [2.75, 3.05) is 13.1 Å². The fourth-order valence-corrected chi connectivity index (χ4v) is 4.40. The van der Waals surface area contributed by atoms with E-state index in [0.717, 1.165) is 19.5 Å². The van der Waals surface area contributed by atoms with Gasteiger partial charge >= 0.3 is 6.36 Å². The summed E-state index contributed by atoms with van der Waals surface area (Å²) in [6.07, 6.45) is -3.64. The maximum absolute atomic E-state index is 12.8. The Morgan fingerprint density at radius 1 is 1.21 bits per heavy atom.